The summed E-state index contributed by atoms with van der Waals surface area (Å²) in [6, 6.07) is 20.8. The number of benzene rings is 3. The molecule has 1 aromatic heterocycles. The van der Waals surface area contributed by atoms with Gasteiger partial charge in [0.1, 0.15) is 5.75 Å². The van der Waals surface area contributed by atoms with Gasteiger partial charge in [-0.25, -0.2) is 9.78 Å². The van der Waals surface area contributed by atoms with Crippen molar-refractivity contribution < 1.29 is 14.5 Å². The maximum Gasteiger partial charge on any atom is 0.344 e. The number of pyridine rings is 1. The number of esters is 1. The Labute approximate surface area is 172 Å². The molecule has 0 bridgehead atoms. The SMILES string of the molecule is Cc1ccc(-c2cc(C(=O)Oc3ccc([N+](=O)[O-])cc3)c3cc(C)ccc3n2)cc1. The standard InChI is InChI=1S/C24H18N2O4/c1-15-3-6-17(7-4-15)23-14-21(20-13-16(2)5-12-22(20)25-23)24(27)30-19-10-8-18(9-11-19)26(28)29/h3-14H,1-2H3. The molecule has 3 aromatic carbocycles. The van der Waals surface area contributed by atoms with Gasteiger partial charge >= 0.3 is 5.97 Å². The minimum absolute atomic E-state index is 0.0681. The Morgan fingerprint density at radius 1 is 0.900 bits per heavy atom. The largest absolute Gasteiger partial charge is 0.423 e. The van der Waals surface area contributed by atoms with E-state index in [1.54, 1.807) is 6.07 Å². The number of nitrogens with zero attached hydrogens (tertiary/aromatic N) is 2. The van der Waals surface area contributed by atoms with E-state index in [0.717, 1.165) is 16.7 Å². The molecule has 0 atom stereocenters. The van der Waals surface area contributed by atoms with Gasteiger partial charge < -0.3 is 4.74 Å². The van der Waals surface area contributed by atoms with Crippen LogP contribution in [0.15, 0.2) is 72.8 Å². The van der Waals surface area contributed by atoms with Crippen molar-refractivity contribution in [2.24, 2.45) is 0 Å². The number of nitro benzene ring substituents is 1. The maximum absolute atomic E-state index is 13.0. The molecule has 0 aliphatic carbocycles. The zero-order valence-corrected chi connectivity index (χ0v) is 16.5. The lowest BCUT2D eigenvalue weighted by Gasteiger charge is -2.11. The Morgan fingerprint density at radius 2 is 1.57 bits per heavy atom. The van der Waals surface area contributed by atoms with E-state index in [2.05, 4.69) is 0 Å². The number of aromatic nitrogens is 1. The van der Waals surface area contributed by atoms with Crippen molar-refractivity contribution in [2.75, 3.05) is 0 Å². The Kier molecular flexibility index (Phi) is 4.98. The summed E-state index contributed by atoms with van der Waals surface area (Å²) >= 11 is 0. The molecule has 0 spiro atoms. The fourth-order valence-corrected chi connectivity index (χ4v) is 3.18. The number of ether oxygens (including phenoxy) is 1. The second-order valence-electron chi connectivity index (χ2n) is 7.08. The van der Waals surface area contributed by atoms with Crippen molar-refractivity contribution >= 4 is 22.6 Å². The van der Waals surface area contributed by atoms with E-state index >= 15 is 0 Å². The Morgan fingerprint density at radius 3 is 2.23 bits per heavy atom. The summed E-state index contributed by atoms with van der Waals surface area (Å²) in [6.45, 7) is 3.95. The lowest BCUT2D eigenvalue weighted by atomic mass is 10.0. The highest BCUT2D eigenvalue weighted by Crippen LogP contribution is 2.27. The zero-order chi connectivity index (χ0) is 21.3. The van der Waals surface area contributed by atoms with Crippen LogP contribution in [0, 0.1) is 24.0 Å². The van der Waals surface area contributed by atoms with Crippen molar-refractivity contribution in [3.8, 4) is 17.0 Å². The van der Waals surface area contributed by atoms with Gasteiger partial charge in [0.05, 0.1) is 21.7 Å². The van der Waals surface area contributed by atoms with Gasteiger partial charge in [-0.2, -0.15) is 0 Å². The molecule has 0 fully saturated rings. The molecule has 1 heterocycles. The number of fused-ring (bicyclic) bond motifs is 1. The minimum atomic E-state index is -0.546. The van der Waals surface area contributed by atoms with Crippen molar-refractivity contribution in [1.29, 1.82) is 0 Å². The van der Waals surface area contributed by atoms with Crippen molar-refractivity contribution in [3.05, 3.63) is 99.6 Å². The van der Waals surface area contributed by atoms with Crippen LogP contribution in [0.2, 0.25) is 0 Å². The van der Waals surface area contributed by atoms with E-state index in [9.17, 15) is 14.9 Å². The predicted molar refractivity (Wildman–Crippen MR) is 115 cm³/mol. The molecule has 30 heavy (non-hydrogen) atoms. The smallest absolute Gasteiger partial charge is 0.344 e. The molecule has 0 aliphatic heterocycles. The summed E-state index contributed by atoms with van der Waals surface area (Å²) in [5.41, 5.74) is 4.70. The first kappa shape index (κ1) is 19.3. The fourth-order valence-electron chi connectivity index (χ4n) is 3.18. The van der Waals surface area contributed by atoms with Crippen LogP contribution in [0.4, 0.5) is 5.69 Å². The first-order valence-corrected chi connectivity index (χ1v) is 9.36. The number of carbonyl (C=O) groups is 1. The van der Waals surface area contributed by atoms with Crippen LogP contribution in [0.1, 0.15) is 21.5 Å². The Hall–Kier alpha value is -4.06. The molecule has 0 unspecified atom stereocenters. The van der Waals surface area contributed by atoms with Crippen molar-refractivity contribution in [3.63, 3.8) is 0 Å². The van der Waals surface area contributed by atoms with Crippen LogP contribution in [0.3, 0.4) is 0 Å². The number of carbonyl (C=O) groups excluding carboxylic acids is 1. The molecule has 0 saturated carbocycles. The van der Waals surface area contributed by atoms with Crippen LogP contribution in [-0.4, -0.2) is 15.9 Å². The summed E-state index contributed by atoms with van der Waals surface area (Å²) in [4.78, 5) is 28.0. The molecule has 0 N–H and O–H groups in total. The number of rotatable bonds is 4. The maximum atomic E-state index is 13.0. The zero-order valence-electron chi connectivity index (χ0n) is 16.5. The predicted octanol–water partition coefficient (Wildman–Crippen LogP) is 5.65. The van der Waals surface area contributed by atoms with Gasteiger partial charge in [-0.05, 0) is 44.2 Å². The second kappa shape index (κ2) is 7.75. The first-order chi connectivity index (χ1) is 14.4. The number of hydrogen-bond acceptors (Lipinski definition) is 5. The van der Waals surface area contributed by atoms with Crippen LogP contribution in [0.5, 0.6) is 5.75 Å². The van der Waals surface area contributed by atoms with Gasteiger partial charge in [0.15, 0.2) is 0 Å². The highest BCUT2D eigenvalue weighted by Gasteiger charge is 2.17. The molecule has 148 valence electrons. The van der Waals surface area contributed by atoms with Crippen LogP contribution >= 0.6 is 0 Å². The van der Waals surface area contributed by atoms with Gasteiger partial charge in [-0.15, -0.1) is 0 Å². The summed E-state index contributed by atoms with van der Waals surface area (Å²) in [5.74, 6) is -0.310. The van der Waals surface area contributed by atoms with Gasteiger partial charge in [0.2, 0.25) is 0 Å². The number of hydrogen-bond donors (Lipinski definition) is 0. The summed E-state index contributed by atoms with van der Waals surface area (Å²) in [5, 5.41) is 11.5. The Bertz CT molecular complexity index is 1260. The highest BCUT2D eigenvalue weighted by molar-refractivity contribution is 6.05. The molecule has 4 rings (SSSR count). The number of non-ortho nitro benzene ring substituents is 1. The van der Waals surface area contributed by atoms with E-state index in [1.165, 1.54) is 24.3 Å². The summed E-state index contributed by atoms with van der Waals surface area (Å²) in [6.07, 6.45) is 0. The average molecular weight is 398 g/mol. The molecule has 0 saturated heterocycles. The average Bonchev–Trinajstić information content (AvgIpc) is 2.74. The van der Waals surface area contributed by atoms with Crippen LogP contribution in [0.25, 0.3) is 22.2 Å². The minimum Gasteiger partial charge on any atom is -0.423 e. The fraction of sp³-hybridized carbons (Fsp3) is 0.0833. The first-order valence-electron chi connectivity index (χ1n) is 9.36. The number of aryl methyl sites for hydroxylation is 2. The topological polar surface area (TPSA) is 82.3 Å². The molecule has 0 amide bonds. The molecule has 6 heteroatoms. The molecular weight excluding hydrogens is 380 g/mol. The molecule has 0 aliphatic rings. The number of nitro groups is 1. The normalized spacial score (nSPS) is 10.7. The third-order valence-corrected chi connectivity index (χ3v) is 4.79. The van der Waals surface area contributed by atoms with E-state index in [1.807, 2.05) is 56.3 Å². The summed E-state index contributed by atoms with van der Waals surface area (Å²) < 4.78 is 5.50. The highest BCUT2D eigenvalue weighted by atomic mass is 16.6. The van der Waals surface area contributed by atoms with Crippen molar-refractivity contribution in [1.82, 2.24) is 4.98 Å². The third kappa shape index (κ3) is 3.89. The molecule has 4 aromatic rings. The lowest BCUT2D eigenvalue weighted by molar-refractivity contribution is -0.384. The van der Waals surface area contributed by atoms with Crippen molar-refractivity contribution in [2.45, 2.75) is 13.8 Å². The van der Waals surface area contributed by atoms with Gasteiger partial charge in [-0.3, -0.25) is 10.1 Å². The molecule has 0 radical (unpaired) electrons. The van der Waals surface area contributed by atoms with Gasteiger partial charge in [0, 0.05) is 23.1 Å². The van der Waals surface area contributed by atoms with E-state index in [4.69, 9.17) is 9.72 Å². The Balaban J connectivity index is 1.77. The quantitative estimate of drug-likeness (QED) is 0.192. The molecule has 6 nitrogen and oxygen atoms in total. The summed E-state index contributed by atoms with van der Waals surface area (Å²) in [7, 11) is 0. The molecular formula is C24H18N2O4. The van der Waals surface area contributed by atoms with E-state index in [0.29, 0.717) is 22.2 Å². The van der Waals surface area contributed by atoms with Gasteiger partial charge in [-0.1, -0.05) is 41.5 Å². The van der Waals surface area contributed by atoms with Crippen LogP contribution in [-0.2, 0) is 0 Å². The lowest BCUT2D eigenvalue weighted by Crippen LogP contribution is -2.10. The van der Waals surface area contributed by atoms with Crippen LogP contribution < -0.4 is 4.74 Å². The van der Waals surface area contributed by atoms with E-state index < -0.39 is 10.9 Å². The van der Waals surface area contributed by atoms with Gasteiger partial charge in [0.25, 0.3) is 5.69 Å². The second-order valence-corrected chi connectivity index (χ2v) is 7.08. The monoisotopic (exact) mass is 398 g/mol. The third-order valence-electron chi connectivity index (χ3n) is 4.79. The van der Waals surface area contributed by atoms with E-state index in [-0.39, 0.29) is 11.4 Å².